The van der Waals surface area contributed by atoms with Crippen molar-refractivity contribution in [1.29, 1.82) is 0 Å². The number of aromatic amines is 1. The molecule has 1 aliphatic heterocycles. The fourth-order valence-electron chi connectivity index (χ4n) is 4.10. The third kappa shape index (κ3) is 3.48. The molecule has 0 saturated carbocycles. The van der Waals surface area contributed by atoms with Gasteiger partial charge in [0.15, 0.2) is 0 Å². The van der Waals surface area contributed by atoms with E-state index in [9.17, 15) is 14.9 Å². The zero-order chi connectivity index (χ0) is 19.7. The highest BCUT2D eigenvalue weighted by molar-refractivity contribution is 5.93. The molecule has 3 aromatic rings. The van der Waals surface area contributed by atoms with Crippen molar-refractivity contribution in [2.45, 2.75) is 25.3 Å². The number of likely N-dealkylation sites (tertiary alicyclic amines) is 1. The van der Waals surface area contributed by atoms with Crippen LogP contribution < -0.4 is 5.73 Å². The Hall–Kier alpha value is -3.19. The van der Waals surface area contributed by atoms with Gasteiger partial charge in [-0.3, -0.25) is 19.8 Å². The van der Waals surface area contributed by atoms with Crippen LogP contribution in [-0.4, -0.2) is 33.8 Å². The molecule has 0 unspecified atom stereocenters. The summed E-state index contributed by atoms with van der Waals surface area (Å²) in [6, 6.07) is 12.8. The van der Waals surface area contributed by atoms with Crippen LogP contribution in [-0.2, 0) is 6.54 Å². The number of nitro benzene ring substituents is 1. The van der Waals surface area contributed by atoms with E-state index in [4.69, 9.17) is 5.73 Å². The molecule has 144 valence electrons. The summed E-state index contributed by atoms with van der Waals surface area (Å²) in [6.45, 7) is 2.24. The number of hydrogen-bond donors (Lipinski definition) is 2. The van der Waals surface area contributed by atoms with Crippen LogP contribution in [0, 0.1) is 10.1 Å². The highest BCUT2D eigenvalue weighted by atomic mass is 16.6. The summed E-state index contributed by atoms with van der Waals surface area (Å²) >= 11 is 0. The van der Waals surface area contributed by atoms with Gasteiger partial charge in [-0.25, -0.2) is 0 Å². The van der Waals surface area contributed by atoms with E-state index in [1.807, 2.05) is 6.07 Å². The number of H-pyrrole nitrogens is 1. The first-order valence-corrected chi connectivity index (χ1v) is 9.38. The number of aromatic nitrogens is 1. The van der Waals surface area contributed by atoms with Gasteiger partial charge in [0.2, 0.25) is 5.91 Å². The van der Waals surface area contributed by atoms with Gasteiger partial charge in [-0.15, -0.1) is 0 Å². The number of nitrogens with two attached hydrogens (primary N) is 1. The Balaban J connectivity index is 1.46. The number of para-hydroxylation sites is 1. The maximum absolute atomic E-state index is 11.4. The van der Waals surface area contributed by atoms with Crippen LogP contribution in [0.1, 0.15) is 40.2 Å². The molecule has 1 saturated heterocycles. The van der Waals surface area contributed by atoms with Gasteiger partial charge in [0, 0.05) is 40.8 Å². The lowest BCUT2D eigenvalue weighted by Gasteiger charge is -2.31. The molecule has 0 aliphatic carbocycles. The quantitative estimate of drug-likeness (QED) is 0.523. The normalized spacial score (nSPS) is 15.7. The summed E-state index contributed by atoms with van der Waals surface area (Å²) in [4.78, 5) is 27.8. The Labute approximate surface area is 162 Å². The number of carbonyl (C=O) groups excluding carboxylic acids is 1. The highest BCUT2D eigenvalue weighted by Crippen LogP contribution is 2.34. The van der Waals surface area contributed by atoms with E-state index in [2.05, 4.69) is 34.3 Å². The third-order valence-electron chi connectivity index (χ3n) is 5.61. The summed E-state index contributed by atoms with van der Waals surface area (Å²) in [7, 11) is 0. The van der Waals surface area contributed by atoms with Gasteiger partial charge >= 0.3 is 0 Å². The number of nitrogens with zero attached hydrogens (tertiary/aromatic N) is 2. The maximum atomic E-state index is 11.4. The van der Waals surface area contributed by atoms with Crippen LogP contribution in [0.25, 0.3) is 10.9 Å². The summed E-state index contributed by atoms with van der Waals surface area (Å²) in [5.74, 6) is -0.172. The average Bonchev–Trinajstić information content (AvgIpc) is 3.13. The minimum Gasteiger partial charge on any atom is -0.366 e. The van der Waals surface area contributed by atoms with Crippen molar-refractivity contribution in [3.8, 4) is 0 Å². The lowest BCUT2D eigenvalue weighted by atomic mass is 9.89. The Morgan fingerprint density at radius 1 is 1.21 bits per heavy atom. The van der Waals surface area contributed by atoms with Crippen LogP contribution >= 0.6 is 0 Å². The van der Waals surface area contributed by atoms with Gasteiger partial charge in [0.25, 0.3) is 5.69 Å². The van der Waals surface area contributed by atoms with Crippen molar-refractivity contribution in [3.63, 3.8) is 0 Å². The van der Waals surface area contributed by atoms with Gasteiger partial charge in [-0.05, 0) is 49.5 Å². The summed E-state index contributed by atoms with van der Waals surface area (Å²) < 4.78 is 0. The fraction of sp³-hybridized carbons (Fsp3) is 0.286. The SMILES string of the molecule is NC(=O)c1ccc(CN2CCC(c3c[nH]c4ccccc34)CC2)c([N+](=O)[O-])c1. The van der Waals surface area contributed by atoms with Crippen molar-refractivity contribution in [2.75, 3.05) is 13.1 Å². The second-order valence-corrected chi connectivity index (χ2v) is 7.30. The Morgan fingerprint density at radius 2 is 1.96 bits per heavy atom. The van der Waals surface area contributed by atoms with Crippen LogP contribution in [0.3, 0.4) is 0 Å². The first-order valence-electron chi connectivity index (χ1n) is 9.38. The molecule has 2 heterocycles. The topological polar surface area (TPSA) is 105 Å². The molecule has 1 amide bonds. The molecule has 3 N–H and O–H groups in total. The van der Waals surface area contributed by atoms with E-state index in [0.29, 0.717) is 18.0 Å². The number of primary amides is 1. The smallest absolute Gasteiger partial charge is 0.274 e. The van der Waals surface area contributed by atoms with E-state index in [1.54, 1.807) is 12.1 Å². The lowest BCUT2D eigenvalue weighted by Crippen LogP contribution is -2.32. The number of benzene rings is 2. The van der Waals surface area contributed by atoms with Gasteiger partial charge in [-0.2, -0.15) is 0 Å². The van der Waals surface area contributed by atoms with Crippen LogP contribution in [0.5, 0.6) is 0 Å². The molecule has 0 atom stereocenters. The Morgan fingerprint density at radius 3 is 2.68 bits per heavy atom. The fourth-order valence-corrected chi connectivity index (χ4v) is 4.10. The van der Waals surface area contributed by atoms with Crippen molar-refractivity contribution < 1.29 is 9.72 Å². The van der Waals surface area contributed by atoms with E-state index in [-0.39, 0.29) is 11.3 Å². The molecule has 0 radical (unpaired) electrons. The van der Waals surface area contributed by atoms with E-state index < -0.39 is 10.8 Å². The van der Waals surface area contributed by atoms with Crippen molar-refractivity contribution in [1.82, 2.24) is 9.88 Å². The molecule has 1 aliphatic rings. The van der Waals surface area contributed by atoms with Crippen LogP contribution in [0.4, 0.5) is 5.69 Å². The second kappa shape index (κ2) is 7.44. The van der Waals surface area contributed by atoms with E-state index in [1.165, 1.54) is 17.0 Å². The molecule has 0 bridgehead atoms. The minimum atomic E-state index is -0.658. The van der Waals surface area contributed by atoms with E-state index in [0.717, 1.165) is 31.4 Å². The first kappa shape index (κ1) is 18.2. The third-order valence-corrected chi connectivity index (χ3v) is 5.61. The second-order valence-electron chi connectivity index (χ2n) is 7.30. The summed E-state index contributed by atoms with van der Waals surface area (Å²) in [5.41, 5.74) is 8.48. The number of carbonyl (C=O) groups is 1. The number of fused-ring (bicyclic) bond motifs is 1. The molecular formula is C21H22N4O3. The van der Waals surface area contributed by atoms with Gasteiger partial charge in [-0.1, -0.05) is 24.3 Å². The van der Waals surface area contributed by atoms with Crippen LogP contribution in [0.2, 0.25) is 0 Å². The molecule has 28 heavy (non-hydrogen) atoms. The summed E-state index contributed by atoms with van der Waals surface area (Å²) in [5, 5.41) is 12.7. The minimum absolute atomic E-state index is 0.0462. The summed E-state index contributed by atoms with van der Waals surface area (Å²) in [6.07, 6.45) is 4.13. The molecule has 4 rings (SSSR count). The monoisotopic (exact) mass is 378 g/mol. The number of rotatable bonds is 5. The Bertz CT molecular complexity index is 1040. The number of piperidine rings is 1. The first-order chi connectivity index (χ1) is 13.5. The zero-order valence-electron chi connectivity index (χ0n) is 15.4. The molecule has 2 aromatic carbocycles. The number of nitrogens with one attached hydrogen (secondary N) is 1. The predicted octanol–water partition coefficient (Wildman–Crippen LogP) is 3.55. The Kier molecular flexibility index (Phi) is 4.83. The number of nitro groups is 1. The van der Waals surface area contributed by atoms with Crippen molar-refractivity contribution in [2.24, 2.45) is 5.73 Å². The lowest BCUT2D eigenvalue weighted by molar-refractivity contribution is -0.385. The number of hydrogen-bond acceptors (Lipinski definition) is 4. The zero-order valence-corrected chi connectivity index (χ0v) is 15.4. The molecule has 7 heteroatoms. The largest absolute Gasteiger partial charge is 0.366 e. The van der Waals surface area contributed by atoms with Crippen molar-refractivity contribution >= 4 is 22.5 Å². The predicted molar refractivity (Wildman–Crippen MR) is 107 cm³/mol. The average molecular weight is 378 g/mol. The van der Waals surface area contributed by atoms with Gasteiger partial charge in [0.1, 0.15) is 0 Å². The number of amides is 1. The van der Waals surface area contributed by atoms with Gasteiger partial charge < -0.3 is 10.7 Å². The standard InChI is InChI=1S/C21H22N4O3/c22-21(26)15-5-6-16(20(11-15)25(27)28)13-24-9-7-14(8-10-24)18-12-23-19-4-2-1-3-17(18)19/h1-6,11-12,14,23H,7-10,13H2,(H2,22,26). The van der Waals surface area contributed by atoms with Gasteiger partial charge in [0.05, 0.1) is 4.92 Å². The molecular weight excluding hydrogens is 356 g/mol. The van der Waals surface area contributed by atoms with Crippen molar-refractivity contribution in [3.05, 3.63) is 75.5 Å². The maximum Gasteiger partial charge on any atom is 0.274 e. The van der Waals surface area contributed by atoms with Crippen LogP contribution in [0.15, 0.2) is 48.7 Å². The molecule has 7 nitrogen and oxygen atoms in total. The molecule has 1 fully saturated rings. The van der Waals surface area contributed by atoms with E-state index >= 15 is 0 Å². The highest BCUT2D eigenvalue weighted by Gasteiger charge is 2.25. The molecule has 0 spiro atoms. The molecule has 1 aromatic heterocycles.